The zero-order chi connectivity index (χ0) is 30.5. The molecule has 0 spiro atoms. The molecule has 4 N–H and O–H groups in total. The molecule has 3 rings (SSSR count). The van der Waals surface area contributed by atoms with E-state index in [1.807, 2.05) is 33.2 Å². The first-order valence-corrected chi connectivity index (χ1v) is 14.5. The minimum absolute atomic E-state index is 0.0895. The van der Waals surface area contributed by atoms with Gasteiger partial charge in [-0.2, -0.15) is 15.0 Å². The summed E-state index contributed by atoms with van der Waals surface area (Å²) in [7, 11) is 4.05. The number of hydrogen-bond acceptors (Lipinski definition) is 10. The maximum absolute atomic E-state index is 13.2. The van der Waals surface area contributed by atoms with E-state index < -0.39 is 0 Å². The van der Waals surface area contributed by atoms with E-state index in [4.69, 9.17) is 9.47 Å². The van der Waals surface area contributed by atoms with Crippen molar-refractivity contribution in [3.63, 3.8) is 0 Å². The lowest BCUT2D eigenvalue weighted by molar-refractivity contribution is 0.0925. The van der Waals surface area contributed by atoms with Crippen LogP contribution in [0, 0.1) is 5.41 Å². The van der Waals surface area contributed by atoms with E-state index in [9.17, 15) is 9.90 Å². The fourth-order valence-corrected chi connectivity index (χ4v) is 4.38. The Morgan fingerprint density at radius 3 is 2.40 bits per heavy atom. The van der Waals surface area contributed by atoms with Crippen molar-refractivity contribution >= 4 is 23.5 Å². The van der Waals surface area contributed by atoms with Crippen molar-refractivity contribution < 1.29 is 19.4 Å². The minimum atomic E-state index is -0.182. The molecule has 0 aliphatic heterocycles. The Kier molecular flexibility index (Phi) is 12.2. The molecule has 0 bridgehead atoms. The van der Waals surface area contributed by atoms with Crippen molar-refractivity contribution in [1.29, 1.82) is 0 Å². The maximum Gasteiger partial charge on any atom is 0.323 e. The van der Waals surface area contributed by atoms with Crippen molar-refractivity contribution in [1.82, 2.24) is 25.2 Å². The molecule has 0 fully saturated rings. The summed E-state index contributed by atoms with van der Waals surface area (Å²) in [5.74, 6) is 1.12. The van der Waals surface area contributed by atoms with Crippen LogP contribution in [-0.2, 0) is 6.54 Å². The van der Waals surface area contributed by atoms with Crippen LogP contribution in [0.5, 0.6) is 17.5 Å². The smallest absolute Gasteiger partial charge is 0.323 e. The van der Waals surface area contributed by atoms with Crippen molar-refractivity contribution in [3.05, 3.63) is 53.6 Å². The fraction of sp³-hybridized carbons (Fsp3) is 0.484. The number of ether oxygens (including phenoxy) is 2. The molecule has 3 aromatic rings. The first-order chi connectivity index (χ1) is 20.1. The number of unbranched alkanes of at least 4 members (excludes halogenated alkanes) is 2. The molecular formula is C31H45N7O4. The van der Waals surface area contributed by atoms with Gasteiger partial charge in [-0.05, 0) is 62.7 Å². The maximum atomic E-state index is 13.2. The highest BCUT2D eigenvalue weighted by molar-refractivity contribution is 5.97. The number of nitrogens with zero attached hydrogens (tertiary/aromatic N) is 4. The lowest BCUT2D eigenvalue weighted by Gasteiger charge is -2.28. The predicted octanol–water partition coefficient (Wildman–Crippen LogP) is 5.22. The van der Waals surface area contributed by atoms with Gasteiger partial charge in [-0.15, -0.1) is 0 Å². The topological polar surface area (TPSA) is 134 Å². The van der Waals surface area contributed by atoms with E-state index >= 15 is 0 Å². The lowest BCUT2D eigenvalue weighted by atomic mass is 9.93. The first kappa shape index (κ1) is 32.4. The number of carbonyl (C=O) groups excluding carboxylic acids is 1. The molecular weight excluding hydrogens is 534 g/mol. The van der Waals surface area contributed by atoms with Crippen LogP contribution in [0.1, 0.15) is 62.9 Å². The Bertz CT molecular complexity index is 1280. The van der Waals surface area contributed by atoms with Gasteiger partial charge >= 0.3 is 6.01 Å². The largest absolute Gasteiger partial charge is 0.508 e. The fourth-order valence-electron chi connectivity index (χ4n) is 4.38. The van der Waals surface area contributed by atoms with E-state index in [-0.39, 0.29) is 29.0 Å². The van der Waals surface area contributed by atoms with E-state index in [1.165, 1.54) is 0 Å². The van der Waals surface area contributed by atoms with Crippen LogP contribution in [0.15, 0.2) is 42.5 Å². The van der Waals surface area contributed by atoms with Gasteiger partial charge in [-0.3, -0.25) is 4.79 Å². The Labute approximate surface area is 249 Å². The Hall–Kier alpha value is -4.12. The highest BCUT2D eigenvalue weighted by atomic mass is 16.5. The van der Waals surface area contributed by atoms with Crippen molar-refractivity contribution in [2.45, 2.75) is 53.5 Å². The summed E-state index contributed by atoms with van der Waals surface area (Å²) in [4.78, 5) is 28.6. The molecule has 0 unspecified atom stereocenters. The van der Waals surface area contributed by atoms with Crippen LogP contribution in [-0.4, -0.2) is 71.3 Å². The van der Waals surface area contributed by atoms with Crippen LogP contribution < -0.4 is 25.4 Å². The summed E-state index contributed by atoms with van der Waals surface area (Å²) < 4.78 is 11.7. The van der Waals surface area contributed by atoms with Crippen LogP contribution >= 0.6 is 0 Å². The average Bonchev–Trinajstić information content (AvgIpc) is 2.93. The number of benzene rings is 2. The van der Waals surface area contributed by atoms with Gasteiger partial charge in [-0.25, -0.2) is 0 Å². The SMILES string of the molecule is CCCCCOc1cc(Nc2nc(NCc3ccc(O)cc3)nc(OCC)n2)ccc1C(=O)NCC(C)(C)CN(C)C. The molecule has 2 aromatic carbocycles. The molecule has 1 amide bonds. The standard InChI is InChI=1S/C31H45N7O4/c1-7-9-10-17-42-26-18-23(13-16-25(26)27(40)33-20-31(3,4)21-38(5)6)34-29-35-28(36-30(37-29)41-8-2)32-19-22-11-14-24(39)15-12-22/h11-16,18,39H,7-10,17,19-21H2,1-6H3,(H,33,40)(H2,32,34,35,36,37). The molecule has 0 saturated heterocycles. The zero-order valence-electron chi connectivity index (χ0n) is 25.7. The molecule has 11 heteroatoms. The summed E-state index contributed by atoms with van der Waals surface area (Å²) in [5.41, 5.74) is 1.99. The van der Waals surface area contributed by atoms with Crippen LogP contribution in [0.3, 0.4) is 0 Å². The number of phenols is 1. The van der Waals surface area contributed by atoms with Crippen molar-refractivity contribution in [2.75, 3.05) is 51.0 Å². The Morgan fingerprint density at radius 1 is 0.976 bits per heavy atom. The zero-order valence-corrected chi connectivity index (χ0v) is 25.7. The van der Waals surface area contributed by atoms with E-state index in [2.05, 4.69) is 56.6 Å². The summed E-state index contributed by atoms with van der Waals surface area (Å²) >= 11 is 0. The van der Waals surface area contributed by atoms with Crippen LogP contribution in [0.4, 0.5) is 17.6 Å². The summed E-state index contributed by atoms with van der Waals surface area (Å²) in [6.45, 7) is 11.0. The lowest BCUT2D eigenvalue weighted by Crippen LogP contribution is -2.40. The van der Waals surface area contributed by atoms with Gasteiger partial charge in [0.05, 0.1) is 18.8 Å². The predicted molar refractivity (Wildman–Crippen MR) is 166 cm³/mol. The van der Waals surface area contributed by atoms with Gasteiger partial charge in [0.25, 0.3) is 5.91 Å². The molecule has 0 radical (unpaired) electrons. The molecule has 42 heavy (non-hydrogen) atoms. The summed E-state index contributed by atoms with van der Waals surface area (Å²) in [5, 5.41) is 19.0. The number of nitrogens with one attached hydrogen (secondary N) is 3. The third-order valence-electron chi connectivity index (χ3n) is 6.23. The van der Waals surface area contributed by atoms with Gasteiger partial charge in [0, 0.05) is 31.4 Å². The second kappa shape index (κ2) is 15.8. The number of phenolic OH excluding ortho intramolecular Hbond substituents is 1. The third-order valence-corrected chi connectivity index (χ3v) is 6.23. The van der Waals surface area contributed by atoms with Gasteiger partial charge in [0.15, 0.2) is 0 Å². The quantitative estimate of drug-likeness (QED) is 0.158. The second-order valence-corrected chi connectivity index (χ2v) is 11.2. The van der Waals surface area contributed by atoms with Crippen LogP contribution in [0.25, 0.3) is 0 Å². The monoisotopic (exact) mass is 579 g/mol. The Morgan fingerprint density at radius 2 is 1.71 bits per heavy atom. The molecule has 11 nitrogen and oxygen atoms in total. The van der Waals surface area contributed by atoms with Gasteiger partial charge in [-0.1, -0.05) is 45.7 Å². The number of aromatic hydroxyl groups is 1. The van der Waals surface area contributed by atoms with Gasteiger partial charge < -0.3 is 35.4 Å². The average molecular weight is 580 g/mol. The number of rotatable bonds is 17. The van der Waals surface area contributed by atoms with Gasteiger partial charge in [0.2, 0.25) is 11.9 Å². The second-order valence-electron chi connectivity index (χ2n) is 11.2. The van der Waals surface area contributed by atoms with E-state index in [0.717, 1.165) is 31.4 Å². The third kappa shape index (κ3) is 10.7. The van der Waals surface area contributed by atoms with Crippen molar-refractivity contribution in [2.24, 2.45) is 5.41 Å². The summed E-state index contributed by atoms with van der Waals surface area (Å²) in [6, 6.07) is 12.4. The molecule has 1 aromatic heterocycles. The van der Waals surface area contributed by atoms with Crippen molar-refractivity contribution in [3.8, 4) is 17.5 Å². The highest BCUT2D eigenvalue weighted by Gasteiger charge is 2.22. The molecule has 1 heterocycles. The van der Waals surface area contributed by atoms with E-state index in [0.29, 0.717) is 49.3 Å². The molecule has 228 valence electrons. The van der Waals surface area contributed by atoms with E-state index in [1.54, 1.807) is 30.3 Å². The Balaban J connectivity index is 1.80. The first-order valence-electron chi connectivity index (χ1n) is 14.5. The number of anilines is 3. The molecule has 0 saturated carbocycles. The number of hydrogen-bond donors (Lipinski definition) is 4. The molecule has 0 aliphatic carbocycles. The highest BCUT2D eigenvalue weighted by Crippen LogP contribution is 2.27. The number of amides is 1. The summed E-state index contributed by atoms with van der Waals surface area (Å²) in [6.07, 6.45) is 3.01. The molecule has 0 aliphatic rings. The van der Waals surface area contributed by atoms with Crippen LogP contribution in [0.2, 0.25) is 0 Å². The minimum Gasteiger partial charge on any atom is -0.508 e. The van der Waals surface area contributed by atoms with Gasteiger partial charge in [0.1, 0.15) is 11.5 Å². The number of aromatic nitrogens is 3. The molecule has 0 atom stereocenters. The normalized spacial score (nSPS) is 11.3. The number of carbonyl (C=O) groups is 1.